The van der Waals surface area contributed by atoms with Gasteiger partial charge in [-0.05, 0) is 17.7 Å². The molecule has 3 heterocycles. The summed E-state index contributed by atoms with van der Waals surface area (Å²) in [6.07, 6.45) is 0. The number of nitrogens with two attached hydrogens (primary N) is 1. The standard InChI is InChI=1S/C19H20N6O7S2.ClH/c1-23-15(28)13(26)21-22-18(23)34-9-19(7-24-14(27)12(20)16(24)33-8-19)17(29)32-6-10-2-4-11(5-3-10)25(30)31;/h2-5,12,16H,6-9,20H2,1H3,(H,21,26);1H/t12?,16-,19?;/m1./s1. The number of esters is 1. The molecule has 2 aromatic rings. The third kappa shape index (κ3) is 5.07. The van der Waals surface area contributed by atoms with Crippen LogP contribution in [-0.4, -0.2) is 65.9 Å². The molecule has 1 amide bonds. The van der Waals surface area contributed by atoms with E-state index in [1.807, 2.05) is 0 Å². The number of nitro groups is 1. The van der Waals surface area contributed by atoms with Crippen LogP contribution in [-0.2, 0) is 28.0 Å². The summed E-state index contributed by atoms with van der Waals surface area (Å²) in [5.41, 5.74) is 3.57. The molecule has 1 aromatic heterocycles. The molecule has 3 atom stereocenters. The molecule has 0 radical (unpaired) electrons. The van der Waals surface area contributed by atoms with Crippen LogP contribution in [0.5, 0.6) is 0 Å². The number of β-lactam (4-membered cyclic amide) rings is 1. The molecular weight excluding hydrogens is 524 g/mol. The fourth-order valence-corrected chi connectivity index (χ4v) is 6.32. The van der Waals surface area contributed by atoms with Crippen LogP contribution in [0.4, 0.5) is 5.69 Å². The van der Waals surface area contributed by atoms with Crippen molar-refractivity contribution in [1.82, 2.24) is 19.7 Å². The Morgan fingerprint density at radius 2 is 2.06 bits per heavy atom. The van der Waals surface area contributed by atoms with E-state index in [4.69, 9.17) is 10.5 Å². The number of amides is 1. The Labute approximate surface area is 212 Å². The lowest BCUT2D eigenvalue weighted by Gasteiger charge is -2.53. The molecule has 3 N–H and O–H groups in total. The van der Waals surface area contributed by atoms with Gasteiger partial charge in [0.25, 0.3) is 5.69 Å². The molecule has 0 spiro atoms. The van der Waals surface area contributed by atoms with Crippen LogP contribution >= 0.6 is 35.9 Å². The number of carbonyl (C=O) groups is 2. The highest BCUT2D eigenvalue weighted by molar-refractivity contribution is 8.00. The smallest absolute Gasteiger partial charge is 0.330 e. The van der Waals surface area contributed by atoms with E-state index in [-0.39, 0.29) is 53.4 Å². The first-order valence-electron chi connectivity index (χ1n) is 10.00. The number of hydrogen-bond donors (Lipinski definition) is 2. The second-order valence-corrected chi connectivity index (χ2v) is 10.0. The predicted octanol–water partition coefficient (Wildman–Crippen LogP) is -0.137. The molecule has 2 aliphatic rings. The lowest BCUT2D eigenvalue weighted by atomic mass is 9.89. The number of halogens is 1. The molecule has 2 saturated heterocycles. The summed E-state index contributed by atoms with van der Waals surface area (Å²) >= 11 is 2.46. The average Bonchev–Trinajstić information content (AvgIpc) is 2.84. The van der Waals surface area contributed by atoms with Gasteiger partial charge in [0.15, 0.2) is 5.16 Å². The van der Waals surface area contributed by atoms with Crippen LogP contribution in [0.2, 0.25) is 0 Å². The first-order chi connectivity index (χ1) is 16.1. The number of fused-ring (bicyclic) bond motifs is 1. The minimum absolute atomic E-state index is 0. The fourth-order valence-electron chi connectivity index (χ4n) is 3.61. The van der Waals surface area contributed by atoms with Gasteiger partial charge in [0.05, 0.1) is 4.92 Å². The highest BCUT2D eigenvalue weighted by atomic mass is 35.5. The zero-order chi connectivity index (χ0) is 24.6. The molecule has 2 aliphatic heterocycles. The van der Waals surface area contributed by atoms with E-state index in [0.717, 1.165) is 16.3 Å². The summed E-state index contributed by atoms with van der Waals surface area (Å²) in [5.74, 6) is -0.383. The number of H-pyrrole nitrogens is 1. The summed E-state index contributed by atoms with van der Waals surface area (Å²) in [7, 11) is 1.40. The number of non-ortho nitro benzene ring substituents is 1. The number of nitrogens with one attached hydrogen (secondary N) is 1. The van der Waals surface area contributed by atoms with Crippen molar-refractivity contribution in [2.75, 3.05) is 18.1 Å². The number of aromatic amines is 1. The van der Waals surface area contributed by atoms with E-state index >= 15 is 0 Å². The minimum atomic E-state index is -1.13. The highest BCUT2D eigenvalue weighted by Crippen LogP contribution is 2.44. The minimum Gasteiger partial charge on any atom is -0.460 e. The van der Waals surface area contributed by atoms with Crippen LogP contribution in [0.15, 0.2) is 39.0 Å². The molecule has 1 aromatic carbocycles. The van der Waals surface area contributed by atoms with Crippen molar-refractivity contribution in [3.8, 4) is 0 Å². The Morgan fingerprint density at radius 1 is 1.37 bits per heavy atom. The second kappa shape index (κ2) is 10.4. The Kier molecular flexibility index (Phi) is 7.93. The zero-order valence-corrected chi connectivity index (χ0v) is 20.7. The predicted molar refractivity (Wildman–Crippen MR) is 129 cm³/mol. The van der Waals surface area contributed by atoms with Crippen LogP contribution in [0.1, 0.15) is 5.56 Å². The lowest BCUT2D eigenvalue weighted by molar-refractivity contribution is -0.384. The summed E-state index contributed by atoms with van der Waals surface area (Å²) in [4.78, 5) is 60.8. The monoisotopic (exact) mass is 544 g/mol. The van der Waals surface area contributed by atoms with Gasteiger partial charge in [-0.2, -0.15) is 0 Å². The fraction of sp³-hybridized carbons (Fsp3) is 0.421. The summed E-state index contributed by atoms with van der Waals surface area (Å²) in [6.45, 7) is -0.0270. The van der Waals surface area contributed by atoms with Crippen molar-refractivity contribution in [3.05, 3.63) is 60.7 Å². The molecule has 2 unspecified atom stereocenters. The first kappa shape index (κ1) is 26.7. The Balaban J connectivity index is 0.00000342. The molecule has 2 fully saturated rings. The van der Waals surface area contributed by atoms with Crippen molar-refractivity contribution < 1.29 is 19.2 Å². The molecule has 188 valence electrons. The van der Waals surface area contributed by atoms with Gasteiger partial charge >= 0.3 is 17.1 Å². The third-order valence-corrected chi connectivity index (χ3v) is 8.58. The number of carbonyl (C=O) groups excluding carboxylic acids is 2. The maximum Gasteiger partial charge on any atom is 0.330 e. The number of aromatic nitrogens is 3. The van der Waals surface area contributed by atoms with Gasteiger partial charge < -0.3 is 15.4 Å². The molecule has 0 bridgehead atoms. The lowest BCUT2D eigenvalue weighted by Crippen LogP contribution is -2.72. The van der Waals surface area contributed by atoms with Crippen LogP contribution in [0.25, 0.3) is 0 Å². The second-order valence-electron chi connectivity index (χ2n) is 7.96. The van der Waals surface area contributed by atoms with E-state index in [9.17, 15) is 29.3 Å². The third-order valence-electron chi connectivity index (χ3n) is 5.65. The zero-order valence-electron chi connectivity index (χ0n) is 18.2. The Bertz CT molecular complexity index is 1270. The Hall–Kier alpha value is -2.88. The van der Waals surface area contributed by atoms with E-state index in [1.54, 1.807) is 0 Å². The maximum absolute atomic E-state index is 13.3. The van der Waals surface area contributed by atoms with Crippen molar-refractivity contribution in [2.24, 2.45) is 18.2 Å². The number of ether oxygens (including phenoxy) is 1. The summed E-state index contributed by atoms with van der Waals surface area (Å²) < 4.78 is 6.64. The van der Waals surface area contributed by atoms with Gasteiger partial charge in [-0.15, -0.1) is 29.3 Å². The van der Waals surface area contributed by atoms with E-state index in [0.29, 0.717) is 11.3 Å². The molecule has 16 heteroatoms. The highest BCUT2D eigenvalue weighted by Gasteiger charge is 2.56. The molecule has 4 rings (SSSR count). The largest absolute Gasteiger partial charge is 0.460 e. The van der Waals surface area contributed by atoms with E-state index in [1.165, 1.54) is 48.0 Å². The molecule has 13 nitrogen and oxygen atoms in total. The van der Waals surface area contributed by atoms with Crippen LogP contribution in [0.3, 0.4) is 0 Å². The van der Waals surface area contributed by atoms with Crippen LogP contribution in [0, 0.1) is 15.5 Å². The normalized spacial score (nSPS) is 23.0. The number of rotatable bonds is 7. The van der Waals surface area contributed by atoms with Crippen LogP contribution < -0.4 is 16.9 Å². The number of nitrogens with zero attached hydrogens (tertiary/aromatic N) is 4. The van der Waals surface area contributed by atoms with E-state index in [2.05, 4.69) is 10.2 Å². The van der Waals surface area contributed by atoms with Crippen molar-refractivity contribution in [2.45, 2.75) is 23.2 Å². The van der Waals surface area contributed by atoms with Crippen molar-refractivity contribution >= 4 is 53.5 Å². The molecular formula is C19H21ClN6O7S2. The quantitative estimate of drug-likeness (QED) is 0.118. The molecule has 0 aliphatic carbocycles. The van der Waals surface area contributed by atoms with Gasteiger partial charge in [0.1, 0.15) is 23.4 Å². The van der Waals surface area contributed by atoms with Gasteiger partial charge in [0, 0.05) is 37.2 Å². The Morgan fingerprint density at radius 3 is 2.71 bits per heavy atom. The summed E-state index contributed by atoms with van der Waals surface area (Å²) in [6, 6.07) is 5.01. The molecule has 0 saturated carbocycles. The molecule has 35 heavy (non-hydrogen) atoms. The van der Waals surface area contributed by atoms with Gasteiger partial charge in [-0.3, -0.25) is 33.9 Å². The topological polar surface area (TPSA) is 184 Å². The number of thioether (sulfide) groups is 2. The summed E-state index contributed by atoms with van der Waals surface area (Å²) in [5, 5.41) is 16.8. The number of nitro benzene ring substituents is 1. The number of benzene rings is 1. The van der Waals surface area contributed by atoms with Gasteiger partial charge in [-0.25, -0.2) is 5.10 Å². The van der Waals surface area contributed by atoms with Gasteiger partial charge in [0.2, 0.25) is 5.91 Å². The first-order valence-corrected chi connectivity index (χ1v) is 12.0. The average molecular weight is 545 g/mol. The van der Waals surface area contributed by atoms with Crippen molar-refractivity contribution in [1.29, 1.82) is 0 Å². The van der Waals surface area contributed by atoms with E-state index < -0.39 is 33.5 Å². The SMILES string of the molecule is Cl.Cn1c(SCC2(C(=O)OCc3ccc([N+](=O)[O-])cc3)CS[C@@H]3C(N)C(=O)N3C2)n[nH]c(=O)c1=O. The maximum atomic E-state index is 13.3. The van der Waals surface area contributed by atoms with Crippen molar-refractivity contribution in [3.63, 3.8) is 0 Å². The number of hydrogen-bond acceptors (Lipinski definition) is 11. The van der Waals surface area contributed by atoms with Gasteiger partial charge in [-0.1, -0.05) is 11.8 Å².